The monoisotopic (exact) mass is 646 g/mol. The van der Waals surface area contributed by atoms with Gasteiger partial charge >= 0.3 is 12.3 Å². The maximum atomic E-state index is 14.0. The van der Waals surface area contributed by atoms with Gasteiger partial charge < -0.3 is 23.7 Å². The molecule has 0 spiro atoms. The molecule has 4 heterocycles. The van der Waals surface area contributed by atoms with Crippen LogP contribution in [0.15, 0.2) is 46.9 Å². The van der Waals surface area contributed by atoms with Crippen LogP contribution in [0.4, 0.5) is 22.0 Å². The molecule has 2 aromatic carbocycles. The highest BCUT2D eigenvalue weighted by atomic mass is 19.4. The number of rotatable bonds is 7. The van der Waals surface area contributed by atoms with E-state index in [1.165, 1.54) is 18.2 Å². The van der Waals surface area contributed by atoms with Gasteiger partial charge in [0.25, 0.3) is 12.4 Å². The van der Waals surface area contributed by atoms with Crippen LogP contribution in [-0.4, -0.2) is 56.3 Å². The summed E-state index contributed by atoms with van der Waals surface area (Å²) in [5.74, 6) is -4.31. The van der Waals surface area contributed by atoms with E-state index in [2.05, 4.69) is 19.7 Å². The summed E-state index contributed by atoms with van der Waals surface area (Å²) in [6.45, 7) is 2.86. The molecule has 242 valence electrons. The van der Waals surface area contributed by atoms with Gasteiger partial charge in [-0.2, -0.15) is 4.98 Å². The van der Waals surface area contributed by atoms with Crippen molar-refractivity contribution in [3.63, 3.8) is 0 Å². The minimum Gasteiger partial charge on any atom is -0.481 e. The molecule has 3 aromatic heterocycles. The Kier molecular flexibility index (Phi) is 7.45. The number of carbonyl (C=O) groups is 1. The highest BCUT2D eigenvalue weighted by Gasteiger charge is 2.44. The second-order valence-corrected chi connectivity index (χ2v) is 11.7. The topological polar surface area (TPSA) is 122 Å². The molecule has 15 heteroatoms. The first kappa shape index (κ1) is 30.1. The number of para-hydroxylation sites is 1. The zero-order valence-electron chi connectivity index (χ0n) is 24.2. The number of ether oxygens (including phenoxy) is 3. The number of nitrogens with zero attached hydrogens (tertiary/aromatic N) is 4. The number of furan rings is 1. The Bertz CT molecular complexity index is 1940. The van der Waals surface area contributed by atoms with E-state index in [0.29, 0.717) is 36.1 Å². The average molecular weight is 647 g/mol. The summed E-state index contributed by atoms with van der Waals surface area (Å²) >= 11 is 0. The summed E-state index contributed by atoms with van der Waals surface area (Å²) in [6.07, 6.45) is -8.03. The molecule has 1 unspecified atom stereocenters. The summed E-state index contributed by atoms with van der Waals surface area (Å²) in [4.78, 5) is 25.2. The fourth-order valence-corrected chi connectivity index (χ4v) is 6.70. The predicted molar refractivity (Wildman–Crippen MR) is 152 cm³/mol. The van der Waals surface area contributed by atoms with E-state index in [1.807, 2.05) is 6.92 Å². The average Bonchev–Trinajstić information content (AvgIpc) is 3.69. The molecule has 0 radical (unpaired) electrons. The highest BCUT2D eigenvalue weighted by molar-refractivity contribution is 6.03. The van der Waals surface area contributed by atoms with Crippen LogP contribution in [0.5, 0.6) is 11.8 Å². The van der Waals surface area contributed by atoms with Gasteiger partial charge in [-0.3, -0.25) is 9.36 Å². The molecular formula is C31H27F5N4O6. The standard InChI is InChI=1S/C31H27F5N4O6/c1-14-13-43-9-8-21(14)40-22-7-6-15(46-31(34,35)36)12-20(22)37-30(40)44-16-10-18(19(11-16)29(41)42)25-26-24(38-28(39-25)27(32)33)17-4-2-3-5-23(17)45-26/h2-7,12,14,16,18-19,21,27H,8-11,13H2,1H3,(H,41,42)/t14-,16+,18?,19+,21-/m0/s1. The van der Waals surface area contributed by atoms with Crippen LogP contribution in [0.3, 0.4) is 0 Å². The van der Waals surface area contributed by atoms with E-state index < -0.39 is 48.3 Å². The molecule has 5 atom stereocenters. The largest absolute Gasteiger partial charge is 0.573 e. The fraction of sp³-hybridized carbons (Fsp3) is 0.419. The second kappa shape index (κ2) is 11.4. The first-order valence-electron chi connectivity index (χ1n) is 14.7. The smallest absolute Gasteiger partial charge is 0.481 e. The van der Waals surface area contributed by atoms with Crippen LogP contribution in [0.2, 0.25) is 0 Å². The molecular weight excluding hydrogens is 619 g/mol. The lowest BCUT2D eigenvalue weighted by Crippen LogP contribution is -2.29. The number of imidazole rings is 1. The maximum Gasteiger partial charge on any atom is 0.573 e. The Morgan fingerprint density at radius 2 is 1.91 bits per heavy atom. The van der Waals surface area contributed by atoms with Crippen LogP contribution in [0.25, 0.3) is 33.1 Å². The van der Waals surface area contributed by atoms with Gasteiger partial charge in [0.05, 0.1) is 29.3 Å². The van der Waals surface area contributed by atoms with Gasteiger partial charge in [0.15, 0.2) is 11.4 Å². The number of carboxylic acid groups (broad SMARTS) is 1. The Hall–Kier alpha value is -4.53. The molecule has 2 aliphatic rings. The molecule has 46 heavy (non-hydrogen) atoms. The molecule has 0 bridgehead atoms. The number of aromatic nitrogens is 4. The third kappa shape index (κ3) is 5.46. The summed E-state index contributed by atoms with van der Waals surface area (Å²) < 4.78 is 90.7. The lowest BCUT2D eigenvalue weighted by molar-refractivity contribution is -0.274. The predicted octanol–water partition coefficient (Wildman–Crippen LogP) is 7.19. The maximum absolute atomic E-state index is 14.0. The van der Waals surface area contributed by atoms with Crippen molar-refractivity contribution >= 4 is 39.1 Å². The van der Waals surface area contributed by atoms with E-state index in [9.17, 15) is 31.9 Å². The molecule has 1 saturated heterocycles. The van der Waals surface area contributed by atoms with Crippen molar-refractivity contribution < 1.29 is 50.5 Å². The van der Waals surface area contributed by atoms with E-state index in [4.69, 9.17) is 13.9 Å². The number of alkyl halides is 5. The molecule has 0 amide bonds. The first-order chi connectivity index (χ1) is 22.0. The molecule has 10 nitrogen and oxygen atoms in total. The Morgan fingerprint density at radius 1 is 1.11 bits per heavy atom. The third-order valence-corrected chi connectivity index (χ3v) is 8.71. The van der Waals surface area contributed by atoms with Gasteiger partial charge in [-0.25, -0.2) is 18.7 Å². The van der Waals surface area contributed by atoms with E-state index in [-0.39, 0.29) is 53.1 Å². The van der Waals surface area contributed by atoms with Crippen LogP contribution in [0.1, 0.15) is 56.1 Å². The van der Waals surface area contributed by atoms with Crippen molar-refractivity contribution in [2.45, 2.75) is 57.0 Å². The zero-order chi connectivity index (χ0) is 32.3. The number of aliphatic carboxylic acids is 1. The summed E-state index contributed by atoms with van der Waals surface area (Å²) in [5, 5.41) is 10.7. The molecule has 7 rings (SSSR count). The summed E-state index contributed by atoms with van der Waals surface area (Å²) in [6, 6.07) is 10.5. The normalized spacial score (nSPS) is 23.9. The Balaban J connectivity index is 1.28. The molecule has 5 aromatic rings. The second-order valence-electron chi connectivity index (χ2n) is 11.7. The van der Waals surface area contributed by atoms with Gasteiger partial charge in [-0.05, 0) is 43.5 Å². The van der Waals surface area contributed by atoms with Gasteiger partial charge in [0.2, 0.25) is 0 Å². The molecule has 2 fully saturated rings. The van der Waals surface area contributed by atoms with Crippen molar-refractivity contribution in [1.82, 2.24) is 19.5 Å². The molecule has 1 saturated carbocycles. The van der Waals surface area contributed by atoms with Gasteiger partial charge in [-0.1, -0.05) is 19.1 Å². The zero-order valence-corrected chi connectivity index (χ0v) is 24.2. The van der Waals surface area contributed by atoms with Crippen LogP contribution >= 0.6 is 0 Å². The van der Waals surface area contributed by atoms with Gasteiger partial charge in [0.1, 0.15) is 23.0 Å². The number of benzene rings is 2. The molecule has 1 aliphatic heterocycles. The van der Waals surface area contributed by atoms with Crippen molar-refractivity contribution in [1.29, 1.82) is 0 Å². The van der Waals surface area contributed by atoms with Crippen LogP contribution in [0, 0.1) is 11.8 Å². The minimum atomic E-state index is -4.90. The Morgan fingerprint density at radius 3 is 2.65 bits per heavy atom. The highest BCUT2D eigenvalue weighted by Crippen LogP contribution is 2.46. The quantitative estimate of drug-likeness (QED) is 0.183. The summed E-state index contributed by atoms with van der Waals surface area (Å²) in [7, 11) is 0. The Labute approximate surface area is 257 Å². The van der Waals surface area contributed by atoms with Crippen molar-refractivity contribution in [3.05, 3.63) is 54.0 Å². The fourth-order valence-electron chi connectivity index (χ4n) is 6.70. The van der Waals surface area contributed by atoms with E-state index >= 15 is 0 Å². The van der Waals surface area contributed by atoms with E-state index in [1.54, 1.807) is 28.8 Å². The number of halogens is 5. The third-order valence-electron chi connectivity index (χ3n) is 8.71. The molecule has 1 aliphatic carbocycles. The molecule has 1 N–H and O–H groups in total. The van der Waals surface area contributed by atoms with Crippen LogP contribution < -0.4 is 9.47 Å². The van der Waals surface area contributed by atoms with Gasteiger partial charge in [0, 0.05) is 35.9 Å². The van der Waals surface area contributed by atoms with E-state index in [0.717, 1.165) is 0 Å². The summed E-state index contributed by atoms with van der Waals surface area (Å²) in [5.41, 5.74) is 1.44. The number of fused-ring (bicyclic) bond motifs is 4. The van der Waals surface area contributed by atoms with Crippen molar-refractivity contribution in [3.8, 4) is 11.8 Å². The number of hydrogen-bond acceptors (Lipinski definition) is 8. The van der Waals surface area contributed by atoms with Gasteiger partial charge in [-0.15, -0.1) is 13.2 Å². The minimum absolute atomic E-state index is 0.00199. The number of hydrogen-bond donors (Lipinski definition) is 1. The van der Waals surface area contributed by atoms with Crippen molar-refractivity contribution in [2.75, 3.05) is 13.2 Å². The lowest BCUT2D eigenvalue weighted by atomic mass is 9.92. The first-order valence-corrected chi connectivity index (χ1v) is 14.7. The van der Waals surface area contributed by atoms with Crippen LogP contribution in [-0.2, 0) is 9.53 Å². The lowest BCUT2D eigenvalue weighted by Gasteiger charge is -2.31. The number of carboxylic acids is 1. The van der Waals surface area contributed by atoms with Crippen molar-refractivity contribution in [2.24, 2.45) is 11.8 Å². The SMILES string of the molecule is C[C@H]1COCC[C@@H]1n1c(O[C@@H]2CC(c3nc(C(F)F)nc4c3oc3ccccc34)[C@H](C(=O)O)C2)nc2cc(OC(F)(F)F)ccc21.